The zero-order valence-corrected chi connectivity index (χ0v) is 15.5. The molecule has 0 aliphatic carbocycles. The molecule has 1 aliphatic rings. The molecule has 1 fully saturated rings. The van der Waals surface area contributed by atoms with E-state index < -0.39 is 6.61 Å². The second-order valence-corrected chi connectivity index (χ2v) is 6.73. The van der Waals surface area contributed by atoms with Gasteiger partial charge in [0, 0.05) is 37.1 Å². The number of para-hydroxylation sites is 2. The fraction of sp³-hybridized carbons (Fsp3) is 0.238. The van der Waals surface area contributed by atoms with Crippen molar-refractivity contribution in [2.75, 3.05) is 26.2 Å². The number of nitrogens with one attached hydrogen (secondary N) is 1. The van der Waals surface area contributed by atoms with Crippen LogP contribution in [0.4, 0.5) is 8.78 Å². The number of H-pyrrole nitrogens is 1. The summed E-state index contributed by atoms with van der Waals surface area (Å²) in [5.74, 6) is -0.669. The third-order valence-corrected chi connectivity index (χ3v) is 4.95. The first-order chi connectivity index (χ1) is 14.0. The van der Waals surface area contributed by atoms with Gasteiger partial charge in [0.05, 0.1) is 5.56 Å². The summed E-state index contributed by atoms with van der Waals surface area (Å²) in [5.41, 5.74) is 1.48. The van der Waals surface area contributed by atoms with Crippen LogP contribution in [0.1, 0.15) is 20.8 Å². The number of carbonyl (C=O) groups excluding carboxylic acids is 2. The maximum absolute atomic E-state index is 12.8. The third kappa shape index (κ3) is 3.91. The van der Waals surface area contributed by atoms with Crippen molar-refractivity contribution >= 4 is 22.7 Å². The van der Waals surface area contributed by atoms with Crippen LogP contribution < -0.4 is 4.74 Å². The molecule has 1 saturated heterocycles. The van der Waals surface area contributed by atoms with Gasteiger partial charge in [-0.15, -0.1) is 0 Å². The topological polar surface area (TPSA) is 65.6 Å². The minimum Gasteiger partial charge on any atom is -0.434 e. The number of benzene rings is 2. The molecule has 29 heavy (non-hydrogen) atoms. The Labute approximate surface area is 165 Å². The van der Waals surface area contributed by atoms with E-state index >= 15 is 0 Å². The highest BCUT2D eigenvalue weighted by molar-refractivity contribution is 5.99. The van der Waals surface area contributed by atoms with Gasteiger partial charge in [-0.05, 0) is 24.3 Å². The number of piperazine rings is 1. The number of fused-ring (bicyclic) bond motifs is 1. The van der Waals surface area contributed by atoms with Crippen LogP contribution in [0.15, 0.2) is 54.6 Å². The van der Waals surface area contributed by atoms with Crippen LogP contribution in [-0.4, -0.2) is 59.4 Å². The number of amides is 2. The van der Waals surface area contributed by atoms with Crippen molar-refractivity contribution in [2.45, 2.75) is 6.61 Å². The Morgan fingerprint density at radius 3 is 2.21 bits per heavy atom. The highest BCUT2D eigenvalue weighted by Gasteiger charge is 2.28. The molecule has 4 rings (SSSR count). The van der Waals surface area contributed by atoms with E-state index in [-0.39, 0.29) is 23.1 Å². The highest BCUT2D eigenvalue weighted by atomic mass is 19.3. The van der Waals surface area contributed by atoms with Gasteiger partial charge in [0.2, 0.25) is 0 Å². The number of carbonyl (C=O) groups is 2. The standard InChI is InChI=1S/C21H19F2N3O3/c22-21(23)29-18-8-4-2-6-15(18)19(27)25-9-11-26(12-10-25)20(28)17-13-14-5-1-3-7-16(14)24-17/h1-8,13,21,24H,9-12H2. The Hall–Kier alpha value is -3.42. The van der Waals surface area contributed by atoms with E-state index in [9.17, 15) is 18.4 Å². The summed E-state index contributed by atoms with van der Waals surface area (Å²) in [5, 5.41) is 0.959. The molecule has 0 saturated carbocycles. The molecule has 2 aromatic carbocycles. The monoisotopic (exact) mass is 399 g/mol. The lowest BCUT2D eigenvalue weighted by atomic mass is 10.1. The molecule has 2 amide bonds. The largest absolute Gasteiger partial charge is 0.434 e. The number of halogens is 2. The molecule has 150 valence electrons. The lowest BCUT2D eigenvalue weighted by Crippen LogP contribution is -2.50. The van der Waals surface area contributed by atoms with Gasteiger partial charge in [-0.2, -0.15) is 8.78 Å². The Morgan fingerprint density at radius 2 is 1.52 bits per heavy atom. The van der Waals surface area contributed by atoms with Gasteiger partial charge >= 0.3 is 6.61 Å². The van der Waals surface area contributed by atoms with Crippen LogP contribution in [0.5, 0.6) is 5.75 Å². The quantitative estimate of drug-likeness (QED) is 0.732. The van der Waals surface area contributed by atoms with E-state index in [1.54, 1.807) is 15.9 Å². The van der Waals surface area contributed by atoms with Gasteiger partial charge in [-0.1, -0.05) is 30.3 Å². The van der Waals surface area contributed by atoms with Crippen LogP contribution >= 0.6 is 0 Å². The number of alkyl halides is 2. The average molecular weight is 399 g/mol. The Bertz CT molecular complexity index is 1010. The van der Waals surface area contributed by atoms with Gasteiger partial charge in [-0.25, -0.2) is 0 Å². The first kappa shape index (κ1) is 18.9. The van der Waals surface area contributed by atoms with Crippen molar-refractivity contribution in [1.29, 1.82) is 0 Å². The van der Waals surface area contributed by atoms with E-state index in [4.69, 9.17) is 0 Å². The molecule has 0 spiro atoms. The predicted molar refractivity (Wildman–Crippen MR) is 103 cm³/mol. The molecule has 1 aromatic heterocycles. The number of ether oxygens (including phenoxy) is 1. The second-order valence-electron chi connectivity index (χ2n) is 6.73. The van der Waals surface area contributed by atoms with E-state index in [0.717, 1.165) is 10.9 Å². The predicted octanol–water partition coefficient (Wildman–Crippen LogP) is 3.37. The summed E-state index contributed by atoms with van der Waals surface area (Å²) >= 11 is 0. The number of rotatable bonds is 4. The molecule has 2 heterocycles. The summed E-state index contributed by atoms with van der Waals surface area (Å²) in [7, 11) is 0. The zero-order chi connectivity index (χ0) is 20.4. The molecule has 1 aliphatic heterocycles. The first-order valence-corrected chi connectivity index (χ1v) is 9.23. The SMILES string of the molecule is O=C(c1cc2ccccc2[nH]1)N1CCN(C(=O)c2ccccc2OC(F)F)CC1. The minimum atomic E-state index is -3.00. The average Bonchev–Trinajstić information content (AvgIpc) is 3.17. The lowest BCUT2D eigenvalue weighted by molar-refractivity contribution is -0.0503. The summed E-state index contributed by atoms with van der Waals surface area (Å²) < 4.78 is 29.6. The lowest BCUT2D eigenvalue weighted by Gasteiger charge is -2.34. The zero-order valence-electron chi connectivity index (χ0n) is 15.5. The van der Waals surface area contributed by atoms with Crippen molar-refractivity contribution in [3.05, 3.63) is 65.9 Å². The minimum absolute atomic E-state index is 0.0863. The van der Waals surface area contributed by atoms with E-state index in [1.807, 2.05) is 30.3 Å². The van der Waals surface area contributed by atoms with Crippen molar-refractivity contribution in [2.24, 2.45) is 0 Å². The summed E-state index contributed by atoms with van der Waals surface area (Å²) in [4.78, 5) is 31.9. The summed E-state index contributed by atoms with van der Waals surface area (Å²) in [6.07, 6.45) is 0. The fourth-order valence-corrected chi connectivity index (χ4v) is 3.48. The molecule has 1 N–H and O–H groups in total. The van der Waals surface area contributed by atoms with Gasteiger partial charge in [-0.3, -0.25) is 9.59 Å². The molecular formula is C21H19F2N3O3. The smallest absolute Gasteiger partial charge is 0.387 e. The summed E-state index contributed by atoms with van der Waals surface area (Å²) in [6, 6.07) is 15.4. The molecule has 8 heteroatoms. The van der Waals surface area contributed by atoms with Gasteiger partial charge in [0.1, 0.15) is 11.4 Å². The van der Waals surface area contributed by atoms with E-state index in [1.165, 1.54) is 18.2 Å². The summed E-state index contributed by atoms with van der Waals surface area (Å²) in [6.45, 7) is -1.66. The number of hydrogen-bond acceptors (Lipinski definition) is 3. The van der Waals surface area contributed by atoms with Crippen LogP contribution in [0.3, 0.4) is 0 Å². The second kappa shape index (κ2) is 7.90. The molecule has 0 bridgehead atoms. The maximum atomic E-state index is 12.8. The maximum Gasteiger partial charge on any atom is 0.387 e. The van der Waals surface area contributed by atoms with Crippen molar-refractivity contribution in [3.63, 3.8) is 0 Å². The number of hydrogen-bond donors (Lipinski definition) is 1. The Balaban J connectivity index is 1.43. The molecule has 0 unspecified atom stereocenters. The van der Waals surface area contributed by atoms with Crippen LogP contribution in [0.2, 0.25) is 0 Å². The highest BCUT2D eigenvalue weighted by Crippen LogP contribution is 2.23. The van der Waals surface area contributed by atoms with Crippen molar-refractivity contribution in [1.82, 2.24) is 14.8 Å². The van der Waals surface area contributed by atoms with Gasteiger partial charge in [0.25, 0.3) is 11.8 Å². The van der Waals surface area contributed by atoms with Crippen LogP contribution in [-0.2, 0) is 0 Å². The molecular weight excluding hydrogens is 380 g/mol. The van der Waals surface area contributed by atoms with Crippen LogP contribution in [0, 0.1) is 0 Å². The van der Waals surface area contributed by atoms with Crippen molar-refractivity contribution < 1.29 is 23.1 Å². The molecule has 6 nitrogen and oxygen atoms in total. The van der Waals surface area contributed by atoms with Crippen LogP contribution in [0.25, 0.3) is 10.9 Å². The van der Waals surface area contributed by atoms with E-state index in [0.29, 0.717) is 31.9 Å². The molecule has 0 atom stereocenters. The first-order valence-electron chi connectivity index (χ1n) is 9.23. The molecule has 3 aromatic rings. The Kier molecular flexibility index (Phi) is 5.16. The number of aromatic amines is 1. The molecule has 0 radical (unpaired) electrons. The van der Waals surface area contributed by atoms with E-state index in [2.05, 4.69) is 9.72 Å². The van der Waals surface area contributed by atoms with Gasteiger partial charge < -0.3 is 19.5 Å². The number of nitrogens with zero attached hydrogens (tertiary/aromatic N) is 2. The van der Waals surface area contributed by atoms with Gasteiger partial charge in [0.15, 0.2) is 0 Å². The Morgan fingerprint density at radius 1 is 0.897 bits per heavy atom. The number of aromatic nitrogens is 1. The third-order valence-electron chi connectivity index (χ3n) is 4.95. The fourth-order valence-electron chi connectivity index (χ4n) is 3.48. The normalized spacial score (nSPS) is 14.4. The van der Waals surface area contributed by atoms with Crippen molar-refractivity contribution in [3.8, 4) is 5.75 Å².